The maximum absolute atomic E-state index is 4.85. The van der Waals surface area contributed by atoms with Gasteiger partial charge in [-0.15, -0.1) is 10.2 Å². The van der Waals surface area contributed by atoms with Crippen LogP contribution >= 0.6 is 0 Å². The fraction of sp³-hybridized carbons (Fsp3) is 0. The van der Waals surface area contributed by atoms with Crippen LogP contribution in [0.1, 0.15) is 0 Å². The van der Waals surface area contributed by atoms with Crippen molar-refractivity contribution in [2.75, 3.05) is 0 Å². The highest BCUT2D eigenvalue weighted by Gasteiger charge is 2.23. The molecule has 48 heavy (non-hydrogen) atoms. The summed E-state index contributed by atoms with van der Waals surface area (Å²) >= 11 is 0. The standard InChI is InChI=1S/C43H25N5/c1-4-14-30-26(10-1)20-35(27-13-9-19-44-23-27)37-22-39-38(21-36(30)37)40(42-31-15-5-2-11-28(31)24-45-47-42)33-17-7-8-18-34(33)41(39)43-32-16-6-3-12-29(32)25-46-48-43/h1-25H. The lowest BCUT2D eigenvalue weighted by atomic mass is 9.84. The molecule has 5 nitrogen and oxygen atoms in total. The van der Waals surface area contributed by atoms with Crippen molar-refractivity contribution in [1.82, 2.24) is 25.4 Å². The molecule has 5 heteroatoms. The Kier molecular flexibility index (Phi) is 5.81. The molecule has 0 aliphatic rings. The van der Waals surface area contributed by atoms with E-state index >= 15 is 0 Å². The van der Waals surface area contributed by atoms with Crippen molar-refractivity contribution in [1.29, 1.82) is 0 Å². The number of nitrogens with zero attached hydrogens (tertiary/aromatic N) is 5. The average molecular weight is 612 g/mol. The summed E-state index contributed by atoms with van der Waals surface area (Å²) in [7, 11) is 0. The third kappa shape index (κ3) is 3.94. The second-order valence-electron chi connectivity index (χ2n) is 12.2. The highest BCUT2D eigenvalue weighted by atomic mass is 15.1. The lowest BCUT2D eigenvalue weighted by Gasteiger charge is -2.20. The summed E-state index contributed by atoms with van der Waals surface area (Å²) in [5, 5.41) is 32.0. The summed E-state index contributed by atoms with van der Waals surface area (Å²) < 4.78 is 0. The van der Waals surface area contributed by atoms with Crippen molar-refractivity contribution >= 4 is 64.6 Å². The third-order valence-electron chi connectivity index (χ3n) is 9.59. The number of aromatic nitrogens is 5. The minimum atomic E-state index is 0.855. The summed E-state index contributed by atoms with van der Waals surface area (Å²) in [5.41, 5.74) is 6.02. The van der Waals surface area contributed by atoms with Crippen molar-refractivity contribution in [3.63, 3.8) is 0 Å². The SMILES string of the molecule is c1cncc(-c2cc3ccccc3c3cc4c(-c5nncc6ccccc56)c5ccccc5c(-c5nncc6ccccc56)c4cc23)c1. The van der Waals surface area contributed by atoms with Crippen LogP contribution in [0, 0.1) is 0 Å². The molecule has 3 aromatic heterocycles. The number of hydrogen-bond donors (Lipinski definition) is 0. The fourth-order valence-electron chi connectivity index (χ4n) is 7.47. The van der Waals surface area contributed by atoms with E-state index in [1.165, 1.54) is 16.2 Å². The van der Waals surface area contributed by atoms with Crippen LogP contribution in [0.2, 0.25) is 0 Å². The van der Waals surface area contributed by atoms with Crippen molar-refractivity contribution < 1.29 is 0 Å². The minimum absolute atomic E-state index is 0.855. The Morgan fingerprint density at radius 3 is 1.46 bits per heavy atom. The van der Waals surface area contributed by atoms with E-state index in [0.717, 1.165) is 82.1 Å². The molecule has 7 aromatic carbocycles. The molecular weight excluding hydrogens is 587 g/mol. The molecular formula is C43H25N5. The maximum Gasteiger partial charge on any atom is 0.102 e. The lowest BCUT2D eigenvalue weighted by Crippen LogP contribution is -1.97. The number of rotatable bonds is 3. The second kappa shape index (κ2) is 10.5. The Morgan fingerprint density at radius 2 is 0.875 bits per heavy atom. The van der Waals surface area contributed by atoms with Gasteiger partial charge in [-0.3, -0.25) is 4.98 Å². The second-order valence-corrected chi connectivity index (χ2v) is 12.2. The van der Waals surface area contributed by atoms with Crippen molar-refractivity contribution in [3.8, 4) is 33.6 Å². The van der Waals surface area contributed by atoms with E-state index in [9.17, 15) is 0 Å². The molecule has 3 heterocycles. The monoisotopic (exact) mass is 611 g/mol. The van der Waals surface area contributed by atoms with Crippen molar-refractivity contribution in [2.24, 2.45) is 0 Å². The van der Waals surface area contributed by atoms with Gasteiger partial charge in [-0.05, 0) is 72.9 Å². The fourth-order valence-corrected chi connectivity index (χ4v) is 7.47. The van der Waals surface area contributed by atoms with Gasteiger partial charge in [-0.2, -0.15) is 10.2 Å². The zero-order valence-corrected chi connectivity index (χ0v) is 25.7. The summed E-state index contributed by atoms with van der Waals surface area (Å²) in [6.45, 7) is 0. The van der Waals surface area contributed by atoms with Gasteiger partial charge in [-0.25, -0.2) is 0 Å². The molecule has 222 valence electrons. The van der Waals surface area contributed by atoms with E-state index in [0.29, 0.717) is 0 Å². The molecule has 0 radical (unpaired) electrons. The Balaban J connectivity index is 1.48. The number of pyridine rings is 1. The van der Waals surface area contributed by atoms with Gasteiger partial charge in [0, 0.05) is 50.6 Å². The Labute approximate surface area is 275 Å². The Hall–Kier alpha value is -6.59. The maximum atomic E-state index is 4.85. The topological polar surface area (TPSA) is 64.5 Å². The van der Waals surface area contributed by atoms with Gasteiger partial charge in [0.25, 0.3) is 0 Å². The molecule has 0 aliphatic carbocycles. The first-order chi connectivity index (χ1) is 23.8. The van der Waals surface area contributed by atoms with Gasteiger partial charge in [-0.1, -0.05) is 103 Å². The predicted molar refractivity (Wildman–Crippen MR) is 197 cm³/mol. The highest BCUT2D eigenvalue weighted by Crippen LogP contribution is 2.48. The number of fused-ring (bicyclic) bond motifs is 7. The first kappa shape index (κ1) is 26.6. The Bertz CT molecular complexity index is 2890. The first-order valence-corrected chi connectivity index (χ1v) is 16.0. The molecule has 0 unspecified atom stereocenters. The zero-order chi connectivity index (χ0) is 31.6. The van der Waals surface area contributed by atoms with E-state index in [4.69, 9.17) is 10.2 Å². The Morgan fingerprint density at radius 1 is 0.354 bits per heavy atom. The number of benzene rings is 7. The molecule has 0 aliphatic heterocycles. The van der Waals surface area contributed by atoms with Crippen LogP contribution in [0.15, 0.2) is 152 Å². The molecule has 0 bridgehead atoms. The van der Waals surface area contributed by atoms with E-state index < -0.39 is 0 Å². The van der Waals surface area contributed by atoms with E-state index in [1.54, 1.807) is 0 Å². The first-order valence-electron chi connectivity index (χ1n) is 16.0. The molecule has 0 spiro atoms. The molecule has 0 N–H and O–H groups in total. The van der Waals surface area contributed by atoms with Crippen LogP contribution < -0.4 is 0 Å². The molecule has 0 saturated heterocycles. The van der Waals surface area contributed by atoms with Gasteiger partial charge >= 0.3 is 0 Å². The van der Waals surface area contributed by atoms with Gasteiger partial charge in [0.15, 0.2) is 0 Å². The molecule has 10 aromatic rings. The average Bonchev–Trinajstić information content (AvgIpc) is 3.16. The van der Waals surface area contributed by atoms with Crippen LogP contribution in [-0.4, -0.2) is 25.4 Å². The van der Waals surface area contributed by atoms with Crippen LogP contribution in [0.25, 0.3) is 98.3 Å². The van der Waals surface area contributed by atoms with Crippen molar-refractivity contribution in [2.45, 2.75) is 0 Å². The van der Waals surface area contributed by atoms with Gasteiger partial charge in [0.2, 0.25) is 0 Å². The highest BCUT2D eigenvalue weighted by molar-refractivity contribution is 6.28. The summed E-state index contributed by atoms with van der Waals surface area (Å²) in [4.78, 5) is 4.50. The van der Waals surface area contributed by atoms with E-state index in [1.807, 2.05) is 43.0 Å². The van der Waals surface area contributed by atoms with Gasteiger partial charge < -0.3 is 0 Å². The summed E-state index contributed by atoms with van der Waals surface area (Å²) in [6.07, 6.45) is 7.45. The summed E-state index contributed by atoms with van der Waals surface area (Å²) in [5.74, 6) is 0. The molecule has 0 fully saturated rings. The van der Waals surface area contributed by atoms with Gasteiger partial charge in [0.1, 0.15) is 11.4 Å². The van der Waals surface area contributed by atoms with Crippen LogP contribution in [-0.2, 0) is 0 Å². The van der Waals surface area contributed by atoms with E-state index in [2.05, 4.69) is 124 Å². The van der Waals surface area contributed by atoms with Crippen molar-refractivity contribution in [3.05, 3.63) is 152 Å². The van der Waals surface area contributed by atoms with Gasteiger partial charge in [0.05, 0.1) is 12.4 Å². The molecule has 0 saturated carbocycles. The lowest BCUT2D eigenvalue weighted by molar-refractivity contribution is 1.06. The van der Waals surface area contributed by atoms with Crippen LogP contribution in [0.4, 0.5) is 0 Å². The normalized spacial score (nSPS) is 11.8. The zero-order valence-electron chi connectivity index (χ0n) is 25.7. The molecule has 0 amide bonds. The number of hydrogen-bond acceptors (Lipinski definition) is 5. The van der Waals surface area contributed by atoms with E-state index in [-0.39, 0.29) is 0 Å². The van der Waals surface area contributed by atoms with Crippen LogP contribution in [0.5, 0.6) is 0 Å². The van der Waals surface area contributed by atoms with Crippen LogP contribution in [0.3, 0.4) is 0 Å². The third-order valence-corrected chi connectivity index (χ3v) is 9.59. The predicted octanol–water partition coefficient (Wildman–Crippen LogP) is 10.6. The smallest absolute Gasteiger partial charge is 0.102 e. The molecule has 10 rings (SSSR count). The largest absolute Gasteiger partial charge is 0.264 e. The summed E-state index contributed by atoms with van der Waals surface area (Å²) in [6, 6.07) is 45.1. The minimum Gasteiger partial charge on any atom is -0.264 e. The quantitative estimate of drug-likeness (QED) is 0.147. The molecule has 0 atom stereocenters.